The molecule has 1 N–H and O–H groups in total. The van der Waals surface area contributed by atoms with Crippen LogP contribution in [-0.4, -0.2) is 88.9 Å². The second kappa shape index (κ2) is 15.1. The molecule has 15 nitrogen and oxygen atoms in total. The Balaban J connectivity index is 1.56. The highest BCUT2D eigenvalue weighted by molar-refractivity contribution is 9.09. The maximum atomic E-state index is 15.4. The van der Waals surface area contributed by atoms with Crippen LogP contribution in [0, 0.1) is 6.92 Å². The molecule has 7 rings (SSSR count). The zero-order chi connectivity index (χ0) is 41.2. The summed E-state index contributed by atoms with van der Waals surface area (Å²) in [6.07, 6.45) is -3.15. The third kappa shape index (κ3) is 6.56. The molecule has 3 saturated heterocycles. The summed E-state index contributed by atoms with van der Waals surface area (Å²) in [5.74, 6) is -1.81. The van der Waals surface area contributed by atoms with Gasteiger partial charge in [0.25, 0.3) is 0 Å². The number of phenolic OH excluding ortho intramolecular Hbond substituents is 1. The van der Waals surface area contributed by atoms with E-state index < -0.39 is 72.0 Å². The number of likely N-dealkylation sites (N-methyl/N-ethyl adjacent to an activating group) is 1. The van der Waals surface area contributed by atoms with Gasteiger partial charge in [-0.15, -0.1) is 0 Å². The Hall–Kier alpha value is -4.89. The van der Waals surface area contributed by atoms with Gasteiger partial charge in [0.2, 0.25) is 5.78 Å². The van der Waals surface area contributed by atoms with Gasteiger partial charge in [-0.3, -0.25) is 14.4 Å². The predicted octanol–water partition coefficient (Wildman–Crippen LogP) is 7.53. The maximum absolute atomic E-state index is 15.4. The Morgan fingerprint density at radius 3 is 2.54 bits per heavy atom. The van der Waals surface area contributed by atoms with Gasteiger partial charge in [-0.05, 0) is 75.8 Å². The highest BCUT2D eigenvalue weighted by Gasteiger charge is 2.59. The van der Waals surface area contributed by atoms with Crippen molar-refractivity contribution in [3.8, 4) is 11.5 Å². The molecule has 3 aromatic rings. The summed E-state index contributed by atoms with van der Waals surface area (Å²) in [7, 11) is 1.68. The number of esters is 1. The number of benzene rings is 2. The van der Waals surface area contributed by atoms with E-state index in [9.17, 15) is 25.0 Å². The number of ketones is 1. The van der Waals surface area contributed by atoms with Crippen molar-refractivity contribution in [3.63, 3.8) is 0 Å². The lowest BCUT2D eigenvalue weighted by atomic mass is 9.67. The summed E-state index contributed by atoms with van der Waals surface area (Å²) in [6, 6.07) is 3.68. The summed E-state index contributed by atoms with van der Waals surface area (Å²) in [6.45, 7) is 12.2. The quantitative estimate of drug-likeness (QED) is 0.0773. The van der Waals surface area contributed by atoms with E-state index in [0.717, 1.165) is 0 Å². The van der Waals surface area contributed by atoms with Gasteiger partial charge in [0.1, 0.15) is 28.9 Å². The molecule has 16 heteroatoms. The molecule has 4 aliphatic rings. The summed E-state index contributed by atoms with van der Waals surface area (Å²) in [5, 5.41) is 16.8. The van der Waals surface area contributed by atoms with Crippen LogP contribution in [0.1, 0.15) is 110 Å². The van der Waals surface area contributed by atoms with E-state index in [1.807, 2.05) is 33.8 Å². The van der Waals surface area contributed by atoms with Crippen LogP contribution in [0.15, 0.2) is 38.6 Å². The van der Waals surface area contributed by atoms with E-state index in [1.165, 1.54) is 19.1 Å². The number of hydrogen-bond acceptors (Lipinski definition) is 12. The lowest BCUT2D eigenvalue weighted by Crippen LogP contribution is -2.59. The Morgan fingerprint density at radius 2 is 1.88 bits per heavy atom. The number of ether oxygens (including phenoxy) is 5. The average molecular weight is 850 g/mol. The van der Waals surface area contributed by atoms with E-state index in [1.54, 1.807) is 31.9 Å². The van der Waals surface area contributed by atoms with Crippen LogP contribution >= 0.6 is 15.9 Å². The fourth-order valence-electron chi connectivity index (χ4n) is 9.23. The number of aryl methyl sites for hydroxylation is 1. The van der Waals surface area contributed by atoms with E-state index in [2.05, 4.69) is 26.0 Å². The first-order valence-electron chi connectivity index (χ1n) is 18.9. The minimum Gasteiger partial charge on any atom is -0.507 e. The first kappa shape index (κ1) is 40.3. The molecule has 0 radical (unpaired) electrons. The molecule has 57 heavy (non-hydrogen) atoms. The number of allylic oxidation sites excluding steroid dienone is 2. The second-order valence-electron chi connectivity index (χ2n) is 15.5. The molecule has 302 valence electrons. The van der Waals surface area contributed by atoms with Gasteiger partial charge in [-0.25, -0.2) is 4.79 Å². The molecule has 1 amide bonds. The normalized spacial score (nSPS) is 29.6. The van der Waals surface area contributed by atoms with Crippen LogP contribution in [0.5, 0.6) is 11.5 Å². The van der Waals surface area contributed by atoms with Gasteiger partial charge in [-0.1, -0.05) is 33.2 Å². The second-order valence-corrected chi connectivity index (χ2v) is 16.3. The van der Waals surface area contributed by atoms with Crippen molar-refractivity contribution in [2.24, 2.45) is 5.11 Å². The molecule has 4 heterocycles. The number of fused-ring (bicyclic) bond motifs is 5. The van der Waals surface area contributed by atoms with Crippen molar-refractivity contribution in [1.29, 1.82) is 0 Å². The Morgan fingerprint density at radius 1 is 1.14 bits per heavy atom. The Labute approximate surface area is 337 Å². The van der Waals surface area contributed by atoms with E-state index in [-0.39, 0.29) is 64.0 Å². The first-order chi connectivity index (χ1) is 27.1. The van der Waals surface area contributed by atoms with Crippen LogP contribution in [0.4, 0.5) is 4.79 Å². The molecule has 1 aromatic heterocycles. The van der Waals surface area contributed by atoms with Gasteiger partial charge in [-0.2, -0.15) is 0 Å². The number of aromatic hydroxyl groups is 1. The van der Waals surface area contributed by atoms with Gasteiger partial charge in [0.05, 0.1) is 59.1 Å². The molecule has 2 aromatic carbocycles. The number of amides is 1. The molecule has 1 aliphatic carbocycles. The molecular formula is C41H45BrN4O11. The molecule has 0 saturated carbocycles. The minimum absolute atomic E-state index is 0.0217. The number of carbonyl (C=O) groups is 3. The van der Waals surface area contributed by atoms with Crippen LogP contribution < -0.4 is 10.2 Å². The van der Waals surface area contributed by atoms with Crippen LogP contribution in [0.2, 0.25) is 0 Å². The molecule has 1 unspecified atom stereocenters. The molecule has 3 aliphatic heterocycles. The lowest BCUT2D eigenvalue weighted by Gasteiger charge is -2.48. The highest BCUT2D eigenvalue weighted by atomic mass is 79.9. The average Bonchev–Trinajstić information content (AvgIpc) is 3.38. The minimum atomic E-state index is -0.982. The van der Waals surface area contributed by atoms with E-state index >= 15 is 4.79 Å². The maximum Gasteiger partial charge on any atom is 0.410 e. The van der Waals surface area contributed by atoms with Gasteiger partial charge >= 0.3 is 12.1 Å². The van der Waals surface area contributed by atoms with Crippen LogP contribution in [-0.2, 0) is 23.7 Å². The lowest BCUT2D eigenvalue weighted by molar-refractivity contribution is -0.171. The predicted molar refractivity (Wildman–Crippen MR) is 211 cm³/mol. The number of azide groups is 1. The smallest absolute Gasteiger partial charge is 0.410 e. The Kier molecular flexibility index (Phi) is 10.7. The molecule has 9 atom stereocenters. The largest absolute Gasteiger partial charge is 0.507 e. The number of phenols is 1. The summed E-state index contributed by atoms with van der Waals surface area (Å²) < 4.78 is 37.4. The van der Waals surface area contributed by atoms with Crippen molar-refractivity contribution in [2.75, 3.05) is 19.0 Å². The molecule has 0 bridgehead atoms. The summed E-state index contributed by atoms with van der Waals surface area (Å²) >= 11 is 3.40. The van der Waals surface area contributed by atoms with E-state index in [4.69, 9.17) is 28.1 Å². The first-order valence-corrected chi connectivity index (χ1v) is 20.0. The third-order valence-electron chi connectivity index (χ3n) is 12.0. The number of hydrogen-bond donors (Lipinski definition) is 1. The van der Waals surface area contributed by atoms with E-state index in [0.29, 0.717) is 33.4 Å². The standard InChI is InChI=1S/C41H45BrN4O11/c1-9-17(2)26-14-24(48)30-18(3)12-22-31(29-16-41(7)39(20(5)54-29)57-40(51)46(41)8)35-33(28-13-23(44-45-43)37(19(4)53-28)55-21(6)47)25(49)15-27(52-11-10-42)34(35)36(50)32(22)38(30)56-26/h9,12,14-15,19-20,23,28-29,31,37,39,49H,10-11,13,16H2,1-8H3/b17-9+/t19-,20+,23-,28-,29-,31?,37-,39-,41+/m1/s1. The summed E-state index contributed by atoms with van der Waals surface area (Å²) in [5.41, 5.74) is 11.1. The van der Waals surface area contributed by atoms with Crippen LogP contribution in [0.25, 0.3) is 27.0 Å². The number of nitrogens with zero attached hydrogens (tertiary/aromatic N) is 4. The monoisotopic (exact) mass is 848 g/mol. The zero-order valence-corrected chi connectivity index (χ0v) is 34.5. The molecular weight excluding hydrogens is 804 g/mol. The van der Waals surface area contributed by atoms with Crippen molar-refractivity contribution < 1.29 is 47.6 Å². The van der Waals surface area contributed by atoms with Crippen molar-refractivity contribution in [2.45, 2.75) is 115 Å². The number of rotatable bonds is 8. The van der Waals surface area contributed by atoms with Crippen molar-refractivity contribution >= 4 is 50.3 Å². The number of alkyl halides is 1. The fraction of sp³-hybridized carbons (Fsp3) is 0.512. The SMILES string of the molecule is C/C=C(\C)c1cc(=O)c2c(C)cc3c(c2o1)C(=O)c1c(OCCBr)cc(O)c([C@H]2C[C@@H](N=[N+]=[N-])[C@H](OC(C)=O)[C@@H](C)O2)c1C3[C@H]1C[C@@]2(C)[C@H](OC(=O)N2C)[C@H](C)O1. The fourth-order valence-corrected chi connectivity index (χ4v) is 9.39. The Bertz CT molecular complexity index is 2340. The third-order valence-corrected chi connectivity index (χ3v) is 12.3. The topological polar surface area (TPSA) is 200 Å². The highest BCUT2D eigenvalue weighted by Crippen LogP contribution is 2.55. The number of carbonyl (C=O) groups excluding carboxylic acids is 3. The van der Waals surface area contributed by atoms with Gasteiger partial charge < -0.3 is 38.1 Å². The zero-order valence-electron chi connectivity index (χ0n) is 33.0. The van der Waals surface area contributed by atoms with Crippen molar-refractivity contribution in [1.82, 2.24) is 4.90 Å². The molecule has 0 spiro atoms. The molecule has 3 fully saturated rings. The summed E-state index contributed by atoms with van der Waals surface area (Å²) in [4.78, 5) is 59.0. The van der Waals surface area contributed by atoms with Crippen LogP contribution in [0.3, 0.4) is 0 Å². The van der Waals surface area contributed by atoms with Crippen molar-refractivity contribution in [3.05, 3.63) is 84.1 Å². The van der Waals surface area contributed by atoms with Gasteiger partial charge in [0.15, 0.2) is 11.5 Å². The number of halogens is 1. The van der Waals surface area contributed by atoms with Gasteiger partial charge in [0, 0.05) is 54.2 Å².